The predicted molar refractivity (Wildman–Crippen MR) is 95.0 cm³/mol. The third-order valence-electron chi connectivity index (χ3n) is 3.24. The average molecular weight is 375 g/mol. The molecule has 0 bridgehead atoms. The highest BCUT2D eigenvalue weighted by molar-refractivity contribution is 7.93. The van der Waals surface area contributed by atoms with Crippen molar-refractivity contribution in [2.24, 2.45) is 0 Å². The second-order valence-electron chi connectivity index (χ2n) is 4.96. The molecule has 1 heterocycles. The van der Waals surface area contributed by atoms with Gasteiger partial charge in [-0.15, -0.1) is 11.3 Å². The first-order valence-electron chi connectivity index (χ1n) is 7.12. The summed E-state index contributed by atoms with van der Waals surface area (Å²) in [6.07, 6.45) is 0. The van der Waals surface area contributed by atoms with Crippen molar-refractivity contribution in [1.82, 2.24) is 0 Å². The second kappa shape index (κ2) is 6.96. The van der Waals surface area contributed by atoms with Gasteiger partial charge in [0, 0.05) is 0 Å². The van der Waals surface area contributed by atoms with E-state index in [0.717, 1.165) is 11.3 Å². The van der Waals surface area contributed by atoms with Crippen LogP contribution in [-0.4, -0.2) is 19.5 Å². The van der Waals surface area contributed by atoms with Gasteiger partial charge in [-0.05, 0) is 47.8 Å². The van der Waals surface area contributed by atoms with Gasteiger partial charge in [0.1, 0.15) is 16.5 Å². The van der Waals surface area contributed by atoms with Crippen LogP contribution in [0.4, 0.5) is 5.00 Å². The molecule has 0 unspecified atom stereocenters. The number of anilines is 1. The molecule has 6 nitrogen and oxygen atoms in total. The van der Waals surface area contributed by atoms with Gasteiger partial charge in [0.15, 0.2) is 0 Å². The first kappa shape index (κ1) is 17.0. The van der Waals surface area contributed by atoms with Crippen LogP contribution in [0.2, 0.25) is 0 Å². The minimum absolute atomic E-state index is 0.0117. The molecule has 0 saturated carbocycles. The third kappa shape index (κ3) is 3.98. The van der Waals surface area contributed by atoms with Gasteiger partial charge in [0.25, 0.3) is 10.0 Å². The molecule has 0 amide bonds. The van der Waals surface area contributed by atoms with Crippen LogP contribution in [0.25, 0.3) is 0 Å². The molecular weight excluding hydrogens is 362 g/mol. The maximum atomic E-state index is 12.4. The summed E-state index contributed by atoms with van der Waals surface area (Å²) in [6, 6.07) is 16.3. The second-order valence-corrected chi connectivity index (χ2v) is 7.56. The molecule has 0 atom stereocenters. The number of benzene rings is 2. The van der Waals surface area contributed by atoms with E-state index in [1.807, 2.05) is 18.2 Å². The van der Waals surface area contributed by atoms with Crippen LogP contribution < -0.4 is 9.46 Å². The Bertz CT molecular complexity index is 979. The number of hydrogen-bond acceptors (Lipinski definition) is 5. The highest BCUT2D eigenvalue weighted by Gasteiger charge is 2.19. The molecule has 0 aliphatic heterocycles. The molecule has 1 aromatic heterocycles. The number of ether oxygens (including phenoxy) is 1. The predicted octanol–water partition coefficient (Wildman–Crippen LogP) is 4.04. The van der Waals surface area contributed by atoms with Gasteiger partial charge in [0.2, 0.25) is 0 Å². The van der Waals surface area contributed by atoms with Crippen LogP contribution in [0, 0.1) is 0 Å². The Balaban J connectivity index is 1.78. The number of thiophene rings is 1. The number of rotatable bonds is 6. The van der Waals surface area contributed by atoms with E-state index in [1.165, 1.54) is 35.7 Å². The summed E-state index contributed by atoms with van der Waals surface area (Å²) in [6.45, 7) is 0. The van der Waals surface area contributed by atoms with Gasteiger partial charge in [-0.3, -0.25) is 4.72 Å². The lowest BCUT2D eigenvalue weighted by atomic mass is 10.3. The number of aromatic carboxylic acids is 1. The van der Waals surface area contributed by atoms with E-state index < -0.39 is 16.0 Å². The number of nitrogens with one attached hydrogen (secondary N) is 1. The van der Waals surface area contributed by atoms with Crippen molar-refractivity contribution in [2.75, 3.05) is 4.72 Å². The highest BCUT2D eigenvalue weighted by Crippen LogP contribution is 2.27. The van der Waals surface area contributed by atoms with Crippen molar-refractivity contribution in [3.05, 3.63) is 71.6 Å². The highest BCUT2D eigenvalue weighted by atomic mass is 32.2. The summed E-state index contributed by atoms with van der Waals surface area (Å²) in [5.74, 6) is -0.0565. The molecule has 2 N–H and O–H groups in total. The smallest absolute Gasteiger partial charge is 0.338 e. The zero-order valence-electron chi connectivity index (χ0n) is 12.7. The topological polar surface area (TPSA) is 92.7 Å². The zero-order chi connectivity index (χ0) is 17.9. The summed E-state index contributed by atoms with van der Waals surface area (Å²) in [4.78, 5) is 11.1. The number of carboxylic acid groups (broad SMARTS) is 1. The van der Waals surface area contributed by atoms with Gasteiger partial charge >= 0.3 is 5.97 Å². The molecule has 0 radical (unpaired) electrons. The standard InChI is InChI=1S/C17H13NO5S2/c19-17(20)15-10-11-24-16(15)18-25(21,22)14-8-6-13(7-9-14)23-12-4-2-1-3-5-12/h1-11,18H,(H,19,20). The summed E-state index contributed by atoms with van der Waals surface area (Å²) < 4.78 is 32.7. The first-order valence-corrected chi connectivity index (χ1v) is 9.48. The number of para-hydroxylation sites is 1. The van der Waals surface area contributed by atoms with E-state index in [4.69, 9.17) is 9.84 Å². The fraction of sp³-hybridized carbons (Fsp3) is 0. The number of carbonyl (C=O) groups is 1. The minimum Gasteiger partial charge on any atom is -0.478 e. The van der Waals surface area contributed by atoms with E-state index in [2.05, 4.69) is 4.72 Å². The number of sulfonamides is 1. The molecule has 2 aromatic carbocycles. The van der Waals surface area contributed by atoms with Crippen molar-refractivity contribution in [3.8, 4) is 11.5 Å². The molecule has 0 aliphatic rings. The fourth-order valence-electron chi connectivity index (χ4n) is 2.05. The van der Waals surface area contributed by atoms with E-state index >= 15 is 0 Å². The minimum atomic E-state index is -3.89. The van der Waals surface area contributed by atoms with Gasteiger partial charge < -0.3 is 9.84 Å². The van der Waals surface area contributed by atoms with Gasteiger partial charge in [-0.1, -0.05) is 18.2 Å². The van der Waals surface area contributed by atoms with E-state index in [0.29, 0.717) is 11.5 Å². The largest absolute Gasteiger partial charge is 0.478 e. The van der Waals surface area contributed by atoms with Crippen molar-refractivity contribution in [1.29, 1.82) is 0 Å². The quantitative estimate of drug-likeness (QED) is 0.678. The Kier molecular flexibility index (Phi) is 4.73. The van der Waals surface area contributed by atoms with Crippen LogP contribution in [0.15, 0.2) is 70.9 Å². The molecule has 128 valence electrons. The maximum absolute atomic E-state index is 12.4. The Hall–Kier alpha value is -2.84. The van der Waals surface area contributed by atoms with Crippen molar-refractivity contribution < 1.29 is 23.1 Å². The monoisotopic (exact) mass is 375 g/mol. The molecule has 0 spiro atoms. The SMILES string of the molecule is O=C(O)c1ccsc1NS(=O)(=O)c1ccc(Oc2ccccc2)cc1. The zero-order valence-corrected chi connectivity index (χ0v) is 14.4. The lowest BCUT2D eigenvalue weighted by molar-refractivity contribution is 0.0698. The van der Waals surface area contributed by atoms with Gasteiger partial charge in [0.05, 0.1) is 10.5 Å². The van der Waals surface area contributed by atoms with Crippen molar-refractivity contribution in [3.63, 3.8) is 0 Å². The summed E-state index contributed by atoms with van der Waals surface area (Å²) in [7, 11) is -3.89. The van der Waals surface area contributed by atoms with Crippen LogP contribution in [0.1, 0.15) is 10.4 Å². The third-order valence-corrected chi connectivity index (χ3v) is 5.56. The molecule has 25 heavy (non-hydrogen) atoms. The molecule has 0 saturated heterocycles. The summed E-state index contributed by atoms with van der Waals surface area (Å²) in [5.41, 5.74) is -0.0855. The maximum Gasteiger partial charge on any atom is 0.338 e. The normalized spacial score (nSPS) is 11.0. The van der Waals surface area contributed by atoms with E-state index in [-0.39, 0.29) is 15.5 Å². The molecule has 3 aromatic rings. The van der Waals surface area contributed by atoms with E-state index in [9.17, 15) is 13.2 Å². The number of hydrogen-bond donors (Lipinski definition) is 2. The van der Waals surface area contributed by atoms with Crippen molar-refractivity contribution >= 4 is 32.3 Å². The Morgan fingerprint density at radius 3 is 2.24 bits per heavy atom. The first-order chi connectivity index (χ1) is 12.0. The molecule has 3 rings (SSSR count). The average Bonchev–Trinajstić information content (AvgIpc) is 3.04. The van der Waals surface area contributed by atoms with Crippen LogP contribution in [-0.2, 0) is 10.0 Å². The summed E-state index contributed by atoms with van der Waals surface area (Å²) >= 11 is 1.01. The Labute approximate surface area is 148 Å². The van der Waals surface area contributed by atoms with Crippen molar-refractivity contribution in [2.45, 2.75) is 4.90 Å². The Morgan fingerprint density at radius 1 is 0.960 bits per heavy atom. The van der Waals surface area contributed by atoms with Gasteiger partial charge in [-0.2, -0.15) is 0 Å². The molecule has 0 aliphatic carbocycles. The lowest BCUT2D eigenvalue weighted by Crippen LogP contribution is -2.14. The molecule has 8 heteroatoms. The number of carboxylic acids is 1. The van der Waals surface area contributed by atoms with E-state index in [1.54, 1.807) is 12.1 Å². The van der Waals surface area contributed by atoms with Gasteiger partial charge in [-0.25, -0.2) is 13.2 Å². The fourth-order valence-corrected chi connectivity index (χ4v) is 4.16. The Morgan fingerprint density at radius 2 is 1.60 bits per heavy atom. The lowest BCUT2D eigenvalue weighted by Gasteiger charge is -2.09. The summed E-state index contributed by atoms with van der Waals surface area (Å²) in [5, 5.41) is 10.6. The van der Waals surface area contributed by atoms with Crippen LogP contribution >= 0.6 is 11.3 Å². The van der Waals surface area contributed by atoms with Crippen LogP contribution in [0.5, 0.6) is 11.5 Å². The molecular formula is C17H13NO5S2. The molecule has 0 fully saturated rings. The van der Waals surface area contributed by atoms with Crippen LogP contribution in [0.3, 0.4) is 0 Å².